The number of rotatable bonds is 6. The van der Waals surface area contributed by atoms with E-state index in [0.717, 1.165) is 11.5 Å². The summed E-state index contributed by atoms with van der Waals surface area (Å²) in [6, 6.07) is 8.40. The van der Waals surface area contributed by atoms with Crippen LogP contribution in [0.25, 0.3) is 11.0 Å². The van der Waals surface area contributed by atoms with Crippen LogP contribution in [0.5, 0.6) is 5.75 Å². The zero-order valence-corrected chi connectivity index (χ0v) is 16.1. The fourth-order valence-corrected chi connectivity index (χ4v) is 3.62. The Labute approximate surface area is 165 Å². The number of ether oxygens (including phenoxy) is 1. The van der Waals surface area contributed by atoms with Crippen LogP contribution >= 0.6 is 0 Å². The van der Waals surface area contributed by atoms with Crippen LogP contribution in [0.1, 0.15) is 10.4 Å². The third-order valence-corrected chi connectivity index (χ3v) is 5.53. The molecule has 3 aromatic rings. The van der Waals surface area contributed by atoms with E-state index in [4.69, 9.17) is 9.52 Å². The average Bonchev–Trinajstić information content (AvgIpc) is 2.70. The number of nitrogens with zero attached hydrogens (tertiary/aromatic N) is 1. The van der Waals surface area contributed by atoms with Crippen LogP contribution in [-0.4, -0.2) is 33.7 Å². The molecule has 0 aliphatic carbocycles. The third-order valence-electron chi connectivity index (χ3n) is 4.00. The van der Waals surface area contributed by atoms with Crippen molar-refractivity contribution in [1.29, 1.82) is 4.78 Å². The predicted octanol–water partition coefficient (Wildman–Crippen LogP) is 2.42. The molecule has 3 N–H and O–H groups in total. The Balaban J connectivity index is 1.69. The number of hydrogen-bond acceptors (Lipinski definition) is 6. The van der Waals surface area contributed by atoms with Crippen LogP contribution in [0.15, 0.2) is 63.8 Å². The summed E-state index contributed by atoms with van der Waals surface area (Å²) < 4.78 is 38.9. The van der Waals surface area contributed by atoms with Gasteiger partial charge in [0.2, 0.25) is 0 Å². The van der Waals surface area contributed by atoms with Gasteiger partial charge in [0.05, 0.1) is 21.7 Å². The SMILES string of the molecule is COc1ccc(S(=N)(=O)/C=C/CNC(=O)c2cc3cccnc3[nH]c2=O)cc1F. The summed E-state index contributed by atoms with van der Waals surface area (Å²) in [7, 11) is -2.11. The molecule has 10 heteroatoms. The van der Waals surface area contributed by atoms with Crippen molar-refractivity contribution in [3.8, 4) is 5.75 Å². The molecule has 0 aliphatic heterocycles. The van der Waals surface area contributed by atoms with Crippen LogP contribution in [0.4, 0.5) is 4.39 Å². The predicted molar refractivity (Wildman–Crippen MR) is 106 cm³/mol. The summed E-state index contributed by atoms with van der Waals surface area (Å²) in [5.74, 6) is -1.37. The van der Waals surface area contributed by atoms with Gasteiger partial charge in [0.1, 0.15) is 11.2 Å². The summed E-state index contributed by atoms with van der Waals surface area (Å²) in [5.41, 5.74) is -0.312. The topological polar surface area (TPSA) is 125 Å². The Morgan fingerprint density at radius 3 is 2.90 bits per heavy atom. The first-order valence-electron chi connectivity index (χ1n) is 8.37. The van der Waals surface area contributed by atoms with Crippen LogP contribution < -0.4 is 15.6 Å². The number of methoxy groups -OCH3 is 1. The Morgan fingerprint density at radius 2 is 2.17 bits per heavy atom. The quantitative estimate of drug-likeness (QED) is 0.569. The maximum Gasteiger partial charge on any atom is 0.262 e. The molecule has 150 valence electrons. The number of aromatic nitrogens is 2. The van der Waals surface area contributed by atoms with Crippen molar-refractivity contribution in [2.24, 2.45) is 0 Å². The first-order valence-corrected chi connectivity index (χ1v) is 9.99. The molecule has 1 amide bonds. The molecule has 3 rings (SSSR count). The molecule has 0 fully saturated rings. The zero-order chi connectivity index (χ0) is 21.0. The number of halogens is 1. The molecule has 0 spiro atoms. The summed E-state index contributed by atoms with van der Waals surface area (Å²) in [6.45, 7) is -0.0716. The van der Waals surface area contributed by atoms with E-state index in [1.807, 2.05) is 0 Å². The van der Waals surface area contributed by atoms with E-state index in [1.54, 1.807) is 12.1 Å². The second kappa shape index (κ2) is 8.23. The fraction of sp³-hybridized carbons (Fsp3) is 0.105. The van der Waals surface area contributed by atoms with Gasteiger partial charge in [0.25, 0.3) is 11.5 Å². The Bertz CT molecular complexity index is 1270. The van der Waals surface area contributed by atoms with Crippen LogP contribution in [0.2, 0.25) is 0 Å². The molecule has 0 radical (unpaired) electrons. The van der Waals surface area contributed by atoms with E-state index >= 15 is 0 Å². The zero-order valence-electron chi connectivity index (χ0n) is 15.3. The molecule has 0 bridgehead atoms. The second-order valence-electron chi connectivity index (χ2n) is 5.93. The van der Waals surface area contributed by atoms with E-state index in [1.165, 1.54) is 37.6 Å². The van der Waals surface area contributed by atoms with Gasteiger partial charge in [0.15, 0.2) is 11.6 Å². The van der Waals surface area contributed by atoms with E-state index < -0.39 is 27.0 Å². The number of pyridine rings is 2. The molecule has 0 saturated heterocycles. The van der Waals surface area contributed by atoms with Crippen LogP contribution in [0, 0.1) is 10.6 Å². The number of hydrogen-bond donors (Lipinski definition) is 3. The van der Waals surface area contributed by atoms with Crippen molar-refractivity contribution in [3.63, 3.8) is 0 Å². The first kappa shape index (κ1) is 20.2. The van der Waals surface area contributed by atoms with E-state index in [-0.39, 0.29) is 22.8 Å². The normalized spacial score (nSPS) is 13.3. The molecular weight excluding hydrogens is 399 g/mol. The van der Waals surface area contributed by atoms with E-state index in [2.05, 4.69) is 15.3 Å². The van der Waals surface area contributed by atoms with Gasteiger partial charge in [-0.3, -0.25) is 9.59 Å². The summed E-state index contributed by atoms with van der Waals surface area (Å²) in [4.78, 5) is 30.8. The molecule has 8 nitrogen and oxygen atoms in total. The minimum Gasteiger partial charge on any atom is -0.494 e. The molecule has 1 aromatic carbocycles. The van der Waals surface area contributed by atoms with Gasteiger partial charge >= 0.3 is 0 Å². The molecule has 2 aromatic heterocycles. The minimum atomic E-state index is -3.41. The lowest BCUT2D eigenvalue weighted by Crippen LogP contribution is -2.29. The maximum absolute atomic E-state index is 13.8. The number of benzene rings is 1. The van der Waals surface area contributed by atoms with Crippen LogP contribution in [0.3, 0.4) is 0 Å². The molecule has 1 unspecified atom stereocenters. The van der Waals surface area contributed by atoms with Crippen molar-refractivity contribution >= 4 is 26.7 Å². The smallest absolute Gasteiger partial charge is 0.262 e. The van der Waals surface area contributed by atoms with Gasteiger partial charge in [-0.2, -0.15) is 0 Å². The average molecular weight is 416 g/mol. The summed E-state index contributed by atoms with van der Waals surface area (Å²) >= 11 is 0. The van der Waals surface area contributed by atoms with E-state index in [0.29, 0.717) is 11.0 Å². The number of amides is 1. The van der Waals surface area contributed by atoms with Crippen molar-refractivity contribution in [1.82, 2.24) is 15.3 Å². The molecular formula is C19H17FN4O4S. The number of carbonyl (C=O) groups excluding carboxylic acids is 1. The maximum atomic E-state index is 13.8. The lowest BCUT2D eigenvalue weighted by Gasteiger charge is -2.06. The second-order valence-corrected chi connectivity index (χ2v) is 7.88. The van der Waals surface area contributed by atoms with Crippen molar-refractivity contribution in [2.75, 3.05) is 13.7 Å². The van der Waals surface area contributed by atoms with Crippen LogP contribution in [-0.2, 0) is 9.73 Å². The third kappa shape index (κ3) is 4.49. The molecule has 0 aliphatic rings. The van der Waals surface area contributed by atoms with Crippen molar-refractivity contribution in [3.05, 3.63) is 75.8 Å². The number of H-pyrrole nitrogens is 1. The molecule has 0 saturated carbocycles. The fourth-order valence-electron chi connectivity index (χ4n) is 2.55. The highest BCUT2D eigenvalue weighted by Crippen LogP contribution is 2.22. The summed E-state index contributed by atoms with van der Waals surface area (Å²) in [6.07, 6.45) is 2.84. The number of fused-ring (bicyclic) bond motifs is 1. The molecule has 29 heavy (non-hydrogen) atoms. The monoisotopic (exact) mass is 416 g/mol. The largest absolute Gasteiger partial charge is 0.494 e. The number of carbonyl (C=O) groups is 1. The minimum absolute atomic E-state index is 0.0176. The van der Waals surface area contributed by atoms with Crippen molar-refractivity contribution < 1.29 is 18.1 Å². The Hall–Kier alpha value is -3.53. The van der Waals surface area contributed by atoms with E-state index in [9.17, 15) is 18.2 Å². The van der Waals surface area contributed by atoms with Gasteiger partial charge in [-0.05, 0) is 36.4 Å². The number of nitrogens with one attached hydrogen (secondary N) is 3. The van der Waals surface area contributed by atoms with Gasteiger partial charge in [-0.15, -0.1) is 0 Å². The van der Waals surface area contributed by atoms with Crippen molar-refractivity contribution in [2.45, 2.75) is 4.90 Å². The highest BCUT2D eigenvalue weighted by atomic mass is 32.2. The lowest BCUT2D eigenvalue weighted by molar-refractivity contribution is 0.0956. The lowest BCUT2D eigenvalue weighted by atomic mass is 10.2. The van der Waals surface area contributed by atoms with Gasteiger partial charge < -0.3 is 15.0 Å². The summed E-state index contributed by atoms with van der Waals surface area (Å²) in [5, 5.41) is 4.16. The number of aromatic amines is 1. The molecule has 2 heterocycles. The van der Waals surface area contributed by atoms with Gasteiger partial charge in [-0.1, -0.05) is 6.08 Å². The van der Waals surface area contributed by atoms with Gasteiger partial charge in [-0.25, -0.2) is 18.4 Å². The first-order chi connectivity index (χ1) is 13.8. The Morgan fingerprint density at radius 1 is 1.38 bits per heavy atom. The highest BCUT2D eigenvalue weighted by Gasteiger charge is 2.13. The highest BCUT2D eigenvalue weighted by molar-refractivity contribution is 7.95. The Kier molecular flexibility index (Phi) is 5.74. The molecule has 1 atom stereocenters. The standard InChI is InChI=1S/C19H17FN4O4S/c1-28-16-6-5-13(11-15(16)20)29(21,27)9-3-8-23-18(25)14-10-12-4-2-7-22-17(12)24-19(14)26/h2-7,9-11,21H,8H2,1H3,(H,23,25)(H,22,24,26)/b9-3+. The van der Waals surface area contributed by atoms with Gasteiger partial charge in [0, 0.05) is 23.5 Å².